The van der Waals surface area contributed by atoms with Gasteiger partial charge in [0.1, 0.15) is 5.82 Å². The molecule has 11 heavy (non-hydrogen) atoms. The summed E-state index contributed by atoms with van der Waals surface area (Å²) in [5.74, 6) is -0.165. The molecule has 1 aromatic rings. The first-order chi connectivity index (χ1) is 5.16. The van der Waals surface area contributed by atoms with Crippen LogP contribution in [0.4, 0.5) is 4.39 Å². The third kappa shape index (κ3) is 1.82. The van der Waals surface area contributed by atoms with Crippen molar-refractivity contribution in [3.05, 3.63) is 32.5 Å². The molecule has 0 unspecified atom stereocenters. The summed E-state index contributed by atoms with van der Waals surface area (Å²) in [6.45, 7) is 1.93. The maximum Gasteiger partial charge on any atom is 0.141 e. The van der Waals surface area contributed by atoms with Crippen molar-refractivity contribution in [2.75, 3.05) is 0 Å². The third-order valence-corrected chi connectivity index (χ3v) is 3.46. The summed E-state index contributed by atoms with van der Waals surface area (Å²) < 4.78 is 14.5. The lowest BCUT2D eigenvalue weighted by atomic mass is 10.2. The topological polar surface area (TPSA) is 0 Å². The van der Waals surface area contributed by atoms with E-state index in [-0.39, 0.29) is 5.82 Å². The maximum absolute atomic E-state index is 13.2. The average molecular weight is 282 g/mol. The van der Waals surface area contributed by atoms with E-state index in [9.17, 15) is 4.39 Å². The van der Waals surface area contributed by atoms with Crippen LogP contribution in [0.2, 0.25) is 0 Å². The minimum absolute atomic E-state index is 0.165. The number of hydrogen-bond acceptors (Lipinski definition) is 0. The van der Waals surface area contributed by atoms with Crippen molar-refractivity contribution in [2.45, 2.75) is 13.3 Å². The highest BCUT2D eigenvalue weighted by atomic mass is 79.9. The molecule has 0 saturated heterocycles. The fourth-order valence-corrected chi connectivity index (χ4v) is 1.53. The third-order valence-electron chi connectivity index (χ3n) is 1.50. The Morgan fingerprint density at radius 3 is 2.55 bits per heavy atom. The molecular formula is C8H7Br2F. The van der Waals surface area contributed by atoms with E-state index in [2.05, 4.69) is 31.9 Å². The minimum atomic E-state index is -0.165. The lowest BCUT2D eigenvalue weighted by Gasteiger charge is -2.02. The molecule has 0 amide bonds. The first-order valence-electron chi connectivity index (χ1n) is 3.29. The summed E-state index contributed by atoms with van der Waals surface area (Å²) in [5, 5.41) is 0. The van der Waals surface area contributed by atoms with E-state index in [1.165, 1.54) is 0 Å². The molecule has 0 heterocycles. The van der Waals surface area contributed by atoms with Gasteiger partial charge in [-0.15, -0.1) is 0 Å². The van der Waals surface area contributed by atoms with Gasteiger partial charge in [-0.05, 0) is 49.9 Å². The van der Waals surface area contributed by atoms with E-state index in [0.717, 1.165) is 16.5 Å². The van der Waals surface area contributed by atoms with Crippen LogP contribution in [0.25, 0.3) is 0 Å². The monoisotopic (exact) mass is 280 g/mol. The Labute approximate surface area is 82.1 Å². The molecule has 0 nitrogen and oxygen atoms in total. The lowest BCUT2D eigenvalue weighted by molar-refractivity contribution is 0.604. The van der Waals surface area contributed by atoms with Gasteiger partial charge >= 0.3 is 0 Å². The lowest BCUT2D eigenvalue weighted by Crippen LogP contribution is -1.88. The zero-order valence-electron chi connectivity index (χ0n) is 6.00. The molecule has 0 radical (unpaired) electrons. The van der Waals surface area contributed by atoms with Crippen LogP contribution >= 0.6 is 31.9 Å². The summed E-state index contributed by atoms with van der Waals surface area (Å²) in [5.41, 5.74) is 0.736. The standard InChI is InChI=1S/C8H7Br2F/c1-2-5-3-4-6(9)7(10)8(5)11/h3-4H,2H2,1H3. The average Bonchev–Trinajstić information content (AvgIpc) is 2.01. The van der Waals surface area contributed by atoms with E-state index in [4.69, 9.17) is 0 Å². The van der Waals surface area contributed by atoms with Crippen LogP contribution in [-0.4, -0.2) is 0 Å². The summed E-state index contributed by atoms with van der Waals surface area (Å²) in [4.78, 5) is 0. The first kappa shape index (κ1) is 9.20. The van der Waals surface area contributed by atoms with Gasteiger partial charge in [0, 0.05) is 4.47 Å². The molecule has 0 aliphatic carbocycles. The number of aryl methyl sites for hydroxylation is 1. The Morgan fingerprint density at radius 2 is 2.00 bits per heavy atom. The first-order valence-corrected chi connectivity index (χ1v) is 4.87. The number of hydrogen-bond donors (Lipinski definition) is 0. The molecular weight excluding hydrogens is 275 g/mol. The van der Waals surface area contributed by atoms with Crippen molar-refractivity contribution in [1.29, 1.82) is 0 Å². The Hall–Kier alpha value is 0.110. The van der Waals surface area contributed by atoms with Gasteiger partial charge in [-0.25, -0.2) is 4.39 Å². The summed E-state index contributed by atoms with van der Waals surface area (Å²) in [6.07, 6.45) is 0.720. The second kappa shape index (κ2) is 3.68. The summed E-state index contributed by atoms with van der Waals surface area (Å²) in [7, 11) is 0. The molecule has 0 spiro atoms. The predicted molar refractivity (Wildman–Crippen MR) is 51.2 cm³/mol. The molecule has 1 aromatic carbocycles. The fourth-order valence-electron chi connectivity index (χ4n) is 0.839. The van der Waals surface area contributed by atoms with Gasteiger partial charge in [0.15, 0.2) is 0 Å². The Bertz CT molecular complexity index is 271. The maximum atomic E-state index is 13.2. The molecule has 0 aliphatic rings. The van der Waals surface area contributed by atoms with Gasteiger partial charge in [-0.1, -0.05) is 13.0 Å². The highest BCUT2D eigenvalue weighted by Crippen LogP contribution is 2.27. The van der Waals surface area contributed by atoms with Crippen LogP contribution in [-0.2, 0) is 6.42 Å². The molecule has 0 fully saturated rings. The van der Waals surface area contributed by atoms with Crippen LogP contribution in [0, 0.1) is 5.82 Å². The van der Waals surface area contributed by atoms with Crippen molar-refractivity contribution in [1.82, 2.24) is 0 Å². The van der Waals surface area contributed by atoms with Crippen LogP contribution in [0.1, 0.15) is 12.5 Å². The van der Waals surface area contributed by atoms with E-state index >= 15 is 0 Å². The zero-order chi connectivity index (χ0) is 8.43. The SMILES string of the molecule is CCc1ccc(Br)c(Br)c1F. The molecule has 3 heteroatoms. The molecule has 0 aliphatic heterocycles. The summed E-state index contributed by atoms with van der Waals surface area (Å²) in [6, 6.07) is 3.62. The molecule has 0 atom stereocenters. The fraction of sp³-hybridized carbons (Fsp3) is 0.250. The van der Waals surface area contributed by atoms with Gasteiger partial charge in [0.05, 0.1) is 4.47 Å². The molecule has 60 valence electrons. The molecule has 1 rings (SSSR count). The van der Waals surface area contributed by atoms with Gasteiger partial charge in [0.25, 0.3) is 0 Å². The molecule has 0 N–H and O–H groups in total. The Morgan fingerprint density at radius 1 is 1.36 bits per heavy atom. The summed E-state index contributed by atoms with van der Waals surface area (Å²) >= 11 is 6.37. The van der Waals surface area contributed by atoms with Gasteiger partial charge in [-0.3, -0.25) is 0 Å². The van der Waals surface area contributed by atoms with Crippen molar-refractivity contribution in [3.63, 3.8) is 0 Å². The largest absolute Gasteiger partial charge is 0.205 e. The number of benzene rings is 1. The quantitative estimate of drug-likeness (QED) is 0.685. The van der Waals surface area contributed by atoms with Crippen LogP contribution in [0.3, 0.4) is 0 Å². The van der Waals surface area contributed by atoms with E-state index in [0.29, 0.717) is 4.47 Å². The highest BCUT2D eigenvalue weighted by molar-refractivity contribution is 9.13. The van der Waals surface area contributed by atoms with Crippen LogP contribution in [0.15, 0.2) is 21.1 Å². The second-order valence-electron chi connectivity index (χ2n) is 2.19. The van der Waals surface area contributed by atoms with Gasteiger partial charge < -0.3 is 0 Å². The number of rotatable bonds is 1. The van der Waals surface area contributed by atoms with Crippen molar-refractivity contribution in [2.24, 2.45) is 0 Å². The smallest absolute Gasteiger partial charge is 0.141 e. The van der Waals surface area contributed by atoms with Crippen LogP contribution in [0.5, 0.6) is 0 Å². The van der Waals surface area contributed by atoms with E-state index in [1.807, 2.05) is 13.0 Å². The Balaban J connectivity index is 3.25. The minimum Gasteiger partial charge on any atom is -0.205 e. The van der Waals surface area contributed by atoms with Crippen molar-refractivity contribution >= 4 is 31.9 Å². The van der Waals surface area contributed by atoms with Crippen molar-refractivity contribution < 1.29 is 4.39 Å². The zero-order valence-corrected chi connectivity index (χ0v) is 9.17. The van der Waals surface area contributed by atoms with Crippen molar-refractivity contribution in [3.8, 4) is 0 Å². The molecule has 0 bridgehead atoms. The molecule has 0 saturated carbocycles. The van der Waals surface area contributed by atoms with Gasteiger partial charge in [0.2, 0.25) is 0 Å². The normalized spacial score (nSPS) is 10.2. The van der Waals surface area contributed by atoms with E-state index < -0.39 is 0 Å². The second-order valence-corrected chi connectivity index (χ2v) is 3.84. The number of halogens is 3. The van der Waals surface area contributed by atoms with Crippen LogP contribution < -0.4 is 0 Å². The highest BCUT2D eigenvalue weighted by Gasteiger charge is 2.07. The Kier molecular flexibility index (Phi) is 3.07. The van der Waals surface area contributed by atoms with E-state index in [1.54, 1.807) is 6.07 Å². The van der Waals surface area contributed by atoms with Gasteiger partial charge in [-0.2, -0.15) is 0 Å². The predicted octanol–water partition coefficient (Wildman–Crippen LogP) is 3.91. The molecule has 0 aromatic heterocycles.